The van der Waals surface area contributed by atoms with Gasteiger partial charge < -0.3 is 89.9 Å². The smallest absolute Gasteiger partial charge is 0.220 e. The van der Waals surface area contributed by atoms with Crippen LogP contribution in [0.2, 0.25) is 0 Å². The standard InChI is InChI=1S/C76H135NO18/c1-3-5-7-9-11-13-15-17-19-21-23-24-25-26-27-28-29-30-31-32-33-34-36-37-39-41-43-45-47-49-51-53-60(81)59(77-64(82)54-52-50-48-46-44-42-40-38-35-22-20-18-16-14-12-10-8-6-4-2)58-90-74-70(88)67(85)72(62(56-79)92-74)95-76-71(89)68(86)73(63(57-80)93-76)94-75-69(87)66(84)65(83)61(55-78)91-75/h12,14,18,20,35-38,43,45,51,53,59-63,65-76,78-81,83-89H,3-11,13,15-17,19,21-34,39-42,44,46-50,52,54-58H2,1-2H3,(H,77,82)/b14-12-,20-18-,37-36+,38-35-,45-43+,53-51+. The van der Waals surface area contributed by atoms with E-state index in [4.69, 9.17) is 28.4 Å². The van der Waals surface area contributed by atoms with E-state index in [1.165, 1.54) is 154 Å². The van der Waals surface area contributed by atoms with Crippen molar-refractivity contribution < 1.29 is 89.4 Å². The SMILES string of the molecule is CCCCC/C=C\C/C=C\C/C=C\CCCCCCCCC(=O)NC(COC1OC(CO)C(OC2OC(CO)C(OC3OC(CO)C(O)C(O)C3O)C(O)C2O)C(O)C1O)C(O)/C=C/CC/C=C/CC/C=C/CCCCCCCCCCCCCCCCCCCCCCC. The molecule has 3 fully saturated rings. The Morgan fingerprint density at radius 3 is 1.15 bits per heavy atom. The Morgan fingerprint density at radius 1 is 0.379 bits per heavy atom. The van der Waals surface area contributed by atoms with Gasteiger partial charge in [0, 0.05) is 6.42 Å². The number of ether oxygens (including phenoxy) is 6. The molecule has 0 aromatic carbocycles. The molecule has 0 radical (unpaired) electrons. The Hall–Kier alpha value is -2.77. The number of allylic oxidation sites excluding steroid dienone is 11. The van der Waals surface area contributed by atoms with Crippen LogP contribution in [0.15, 0.2) is 72.9 Å². The van der Waals surface area contributed by atoms with E-state index in [0.717, 1.165) is 83.5 Å². The summed E-state index contributed by atoms with van der Waals surface area (Å²) < 4.78 is 34.4. The Labute approximate surface area is 572 Å². The molecule has 19 heteroatoms. The summed E-state index contributed by atoms with van der Waals surface area (Å²) in [5.41, 5.74) is 0. The highest BCUT2D eigenvalue weighted by Gasteiger charge is 2.53. The van der Waals surface area contributed by atoms with Gasteiger partial charge in [-0.05, 0) is 83.5 Å². The molecule has 3 saturated heterocycles. The van der Waals surface area contributed by atoms with Gasteiger partial charge >= 0.3 is 0 Å². The zero-order valence-electron chi connectivity index (χ0n) is 58.6. The molecular formula is C76H135NO18. The third-order valence-electron chi connectivity index (χ3n) is 18.5. The number of aliphatic hydroxyl groups is 11. The summed E-state index contributed by atoms with van der Waals surface area (Å²) >= 11 is 0. The lowest BCUT2D eigenvalue weighted by atomic mass is 9.96. The molecule has 3 aliphatic heterocycles. The van der Waals surface area contributed by atoms with Crippen molar-refractivity contribution in [2.24, 2.45) is 0 Å². The maximum Gasteiger partial charge on any atom is 0.220 e. The maximum atomic E-state index is 13.4. The molecule has 17 unspecified atom stereocenters. The van der Waals surface area contributed by atoms with Crippen LogP contribution in [0.3, 0.4) is 0 Å². The number of hydrogen-bond acceptors (Lipinski definition) is 18. The molecule has 95 heavy (non-hydrogen) atoms. The van der Waals surface area contributed by atoms with Gasteiger partial charge in [-0.25, -0.2) is 0 Å². The molecule has 3 heterocycles. The Kier molecular flexibility index (Phi) is 51.8. The first-order chi connectivity index (χ1) is 46.3. The lowest BCUT2D eigenvalue weighted by molar-refractivity contribution is -0.379. The van der Waals surface area contributed by atoms with E-state index in [0.29, 0.717) is 12.8 Å². The monoisotopic (exact) mass is 1350 g/mol. The second kappa shape index (κ2) is 56.9. The molecule has 0 aromatic heterocycles. The van der Waals surface area contributed by atoms with Crippen LogP contribution in [0.25, 0.3) is 0 Å². The van der Waals surface area contributed by atoms with Crippen LogP contribution in [0, 0.1) is 0 Å². The van der Waals surface area contributed by atoms with Crippen molar-refractivity contribution in [1.29, 1.82) is 0 Å². The highest BCUT2D eigenvalue weighted by atomic mass is 16.8. The molecule has 1 amide bonds. The first-order valence-corrected chi connectivity index (χ1v) is 37.7. The largest absolute Gasteiger partial charge is 0.394 e. The molecular weight excluding hydrogens is 1210 g/mol. The normalized spacial score (nSPS) is 27.6. The third-order valence-corrected chi connectivity index (χ3v) is 18.5. The second-order valence-corrected chi connectivity index (χ2v) is 26.7. The number of carbonyl (C=O) groups excluding carboxylic acids is 1. The Bertz CT molecular complexity index is 2000. The van der Waals surface area contributed by atoms with Gasteiger partial charge in [0.15, 0.2) is 18.9 Å². The van der Waals surface area contributed by atoms with Gasteiger partial charge in [-0.15, -0.1) is 0 Å². The minimum atomic E-state index is -1.99. The molecule has 0 saturated carbocycles. The molecule has 0 aromatic rings. The predicted octanol–water partition coefficient (Wildman–Crippen LogP) is 11.3. The number of amides is 1. The average molecular weight is 1350 g/mol. The van der Waals surface area contributed by atoms with Gasteiger partial charge in [0.2, 0.25) is 5.91 Å². The number of nitrogens with one attached hydrogen (secondary N) is 1. The van der Waals surface area contributed by atoms with Crippen LogP contribution in [0.5, 0.6) is 0 Å². The summed E-state index contributed by atoms with van der Waals surface area (Å²) in [6, 6.07) is -1.01. The van der Waals surface area contributed by atoms with Crippen molar-refractivity contribution in [2.75, 3.05) is 26.4 Å². The van der Waals surface area contributed by atoms with Crippen LogP contribution in [-0.2, 0) is 33.2 Å². The lowest BCUT2D eigenvalue weighted by Crippen LogP contribution is -2.66. The number of aliphatic hydroxyl groups excluding tert-OH is 11. The number of rotatable bonds is 58. The molecule has 19 nitrogen and oxygen atoms in total. The van der Waals surface area contributed by atoms with Crippen molar-refractivity contribution in [3.8, 4) is 0 Å². The topological polar surface area (TPSA) is 307 Å². The fourth-order valence-corrected chi connectivity index (χ4v) is 12.3. The van der Waals surface area contributed by atoms with E-state index in [1.807, 2.05) is 6.08 Å². The summed E-state index contributed by atoms with van der Waals surface area (Å²) in [5.74, 6) is -0.303. The van der Waals surface area contributed by atoms with E-state index in [-0.39, 0.29) is 18.9 Å². The van der Waals surface area contributed by atoms with Crippen molar-refractivity contribution in [3.63, 3.8) is 0 Å². The lowest BCUT2D eigenvalue weighted by Gasteiger charge is -2.48. The van der Waals surface area contributed by atoms with Crippen molar-refractivity contribution in [2.45, 2.75) is 375 Å². The molecule has 12 N–H and O–H groups in total. The van der Waals surface area contributed by atoms with Crippen molar-refractivity contribution in [1.82, 2.24) is 5.32 Å². The third kappa shape index (κ3) is 38.0. The molecule has 17 atom stereocenters. The van der Waals surface area contributed by atoms with Gasteiger partial charge in [0.05, 0.1) is 38.6 Å². The van der Waals surface area contributed by atoms with Crippen LogP contribution in [0.1, 0.15) is 271 Å². The zero-order valence-corrected chi connectivity index (χ0v) is 58.6. The Balaban J connectivity index is 1.42. The number of hydrogen-bond donors (Lipinski definition) is 12. The first-order valence-electron chi connectivity index (χ1n) is 37.7. The van der Waals surface area contributed by atoms with E-state index >= 15 is 0 Å². The van der Waals surface area contributed by atoms with Gasteiger partial charge in [0.25, 0.3) is 0 Å². The number of carbonyl (C=O) groups is 1. The van der Waals surface area contributed by atoms with Crippen LogP contribution < -0.4 is 5.32 Å². The quantitative estimate of drug-likeness (QED) is 0.0199. The molecule has 0 spiro atoms. The van der Waals surface area contributed by atoms with Crippen LogP contribution in [-0.4, -0.2) is 193 Å². The first kappa shape index (κ1) is 86.5. The molecule has 0 aliphatic carbocycles. The zero-order chi connectivity index (χ0) is 68.9. The van der Waals surface area contributed by atoms with Crippen molar-refractivity contribution >= 4 is 5.91 Å². The summed E-state index contributed by atoms with van der Waals surface area (Å²) in [6.45, 7) is 1.68. The van der Waals surface area contributed by atoms with E-state index in [2.05, 4.69) is 79.9 Å². The van der Waals surface area contributed by atoms with Crippen LogP contribution in [0.4, 0.5) is 0 Å². The molecule has 552 valence electrons. The molecule has 3 rings (SSSR count). The minimum Gasteiger partial charge on any atom is -0.394 e. The van der Waals surface area contributed by atoms with Gasteiger partial charge in [-0.1, -0.05) is 254 Å². The highest BCUT2D eigenvalue weighted by Crippen LogP contribution is 2.33. The van der Waals surface area contributed by atoms with E-state index in [9.17, 15) is 61.0 Å². The summed E-state index contributed by atoms with van der Waals surface area (Å²) in [7, 11) is 0. The number of unbranched alkanes of at least 4 members (excludes halogenated alkanes) is 32. The second-order valence-electron chi connectivity index (χ2n) is 26.7. The predicted molar refractivity (Wildman–Crippen MR) is 374 cm³/mol. The summed E-state index contributed by atoms with van der Waals surface area (Å²) in [4.78, 5) is 13.4. The van der Waals surface area contributed by atoms with Crippen LogP contribution >= 0.6 is 0 Å². The van der Waals surface area contributed by atoms with Crippen molar-refractivity contribution in [3.05, 3.63) is 72.9 Å². The fourth-order valence-electron chi connectivity index (χ4n) is 12.3. The van der Waals surface area contributed by atoms with E-state index in [1.54, 1.807) is 6.08 Å². The summed E-state index contributed by atoms with van der Waals surface area (Å²) in [6.07, 6.45) is 46.1. The maximum absolute atomic E-state index is 13.4. The molecule has 3 aliphatic rings. The highest BCUT2D eigenvalue weighted by molar-refractivity contribution is 5.76. The molecule has 0 bridgehead atoms. The minimum absolute atomic E-state index is 0.214. The van der Waals surface area contributed by atoms with Gasteiger partial charge in [-0.2, -0.15) is 0 Å². The Morgan fingerprint density at radius 2 is 0.705 bits per heavy atom. The average Bonchev–Trinajstić information content (AvgIpc) is 0.787. The summed E-state index contributed by atoms with van der Waals surface area (Å²) in [5, 5.41) is 121. The van der Waals surface area contributed by atoms with E-state index < -0.39 is 124 Å². The fraction of sp³-hybridized carbons (Fsp3) is 0.829. The van der Waals surface area contributed by atoms with Gasteiger partial charge in [-0.3, -0.25) is 4.79 Å². The van der Waals surface area contributed by atoms with Gasteiger partial charge in [0.1, 0.15) is 73.2 Å².